The molecule has 2 atom stereocenters. The number of likely N-dealkylation sites (tertiary alicyclic amines) is 1. The predicted molar refractivity (Wildman–Crippen MR) is 108 cm³/mol. The van der Waals surface area contributed by atoms with Crippen LogP contribution in [0.15, 0.2) is 12.1 Å². The molecule has 1 aromatic rings. The second kappa shape index (κ2) is 7.69. The van der Waals surface area contributed by atoms with Gasteiger partial charge in [0.15, 0.2) is 0 Å². The minimum Gasteiger partial charge on any atom is -0.468 e. The fraction of sp³-hybridized carbons (Fsp3) is 0.591. The van der Waals surface area contributed by atoms with Gasteiger partial charge in [0.2, 0.25) is 0 Å². The number of hydrogen-bond donors (Lipinski definition) is 0. The Labute approximate surface area is 171 Å². The number of ether oxygens (including phenoxy) is 2. The second-order valence-corrected chi connectivity index (χ2v) is 8.80. The third-order valence-electron chi connectivity index (χ3n) is 5.58. The molecule has 7 heteroatoms. The third-order valence-corrected chi connectivity index (χ3v) is 5.58. The molecule has 2 aliphatic heterocycles. The number of aryl methyl sites for hydroxylation is 2. The fourth-order valence-corrected chi connectivity index (χ4v) is 4.25. The van der Waals surface area contributed by atoms with Gasteiger partial charge >= 0.3 is 12.1 Å². The van der Waals surface area contributed by atoms with Crippen LogP contribution in [0.4, 0.5) is 4.79 Å². The fourth-order valence-electron chi connectivity index (χ4n) is 4.25. The molecular weight excluding hydrogens is 372 g/mol. The van der Waals surface area contributed by atoms with Gasteiger partial charge in [-0.25, -0.2) is 4.79 Å². The molecule has 0 radical (unpaired) electrons. The average Bonchev–Trinajstić information content (AvgIpc) is 3.08. The van der Waals surface area contributed by atoms with Crippen LogP contribution in [0.3, 0.4) is 0 Å². The summed E-state index contributed by atoms with van der Waals surface area (Å²) in [7, 11) is 1.31. The van der Waals surface area contributed by atoms with Crippen molar-refractivity contribution in [1.29, 1.82) is 0 Å². The molecule has 0 saturated carbocycles. The minimum absolute atomic E-state index is 0.0647. The van der Waals surface area contributed by atoms with Crippen LogP contribution in [0, 0.1) is 6.92 Å². The van der Waals surface area contributed by atoms with E-state index in [2.05, 4.69) is 13.0 Å². The highest BCUT2D eigenvalue weighted by Crippen LogP contribution is 2.40. The lowest BCUT2D eigenvalue weighted by molar-refractivity contribution is -0.141. The van der Waals surface area contributed by atoms with Gasteiger partial charge in [-0.3, -0.25) is 9.59 Å². The van der Waals surface area contributed by atoms with Crippen LogP contribution in [-0.2, 0) is 20.7 Å². The van der Waals surface area contributed by atoms with Gasteiger partial charge in [-0.15, -0.1) is 0 Å². The number of rotatable bonds is 3. The molecule has 29 heavy (non-hydrogen) atoms. The molecule has 1 fully saturated rings. The van der Waals surface area contributed by atoms with E-state index in [0.29, 0.717) is 18.7 Å². The van der Waals surface area contributed by atoms with E-state index in [0.717, 1.165) is 23.1 Å². The van der Waals surface area contributed by atoms with Crippen LogP contribution in [0.2, 0.25) is 0 Å². The van der Waals surface area contributed by atoms with Gasteiger partial charge in [0.1, 0.15) is 12.1 Å². The van der Waals surface area contributed by atoms with E-state index in [1.807, 2.05) is 33.8 Å². The summed E-state index contributed by atoms with van der Waals surface area (Å²) in [6, 6.07) is 3.81. The molecular formula is C22H30N2O5. The summed E-state index contributed by atoms with van der Waals surface area (Å²) >= 11 is 0. The molecule has 158 valence electrons. The van der Waals surface area contributed by atoms with Crippen LogP contribution < -0.4 is 0 Å². The average molecular weight is 402 g/mol. The highest BCUT2D eigenvalue weighted by molar-refractivity contribution is 6.00. The first-order valence-electron chi connectivity index (χ1n) is 10.0. The first kappa shape index (κ1) is 21.1. The number of hydrogen-bond acceptors (Lipinski definition) is 5. The van der Waals surface area contributed by atoms with E-state index in [1.54, 1.807) is 9.80 Å². The van der Waals surface area contributed by atoms with E-state index in [9.17, 15) is 14.4 Å². The highest BCUT2D eigenvalue weighted by Gasteiger charge is 2.48. The molecule has 1 saturated heterocycles. The standard InChI is InChI=1S/C22H30N2O5/c1-7-14-8-13(2)19-15(9-14)16-10-23(21(27)29-22(3,4)5)11-17(16)24(20(19)26)12-18(25)28-6/h8-9,16-17H,7,10-12H2,1-6H3/t16-,17+/m0/s1. The van der Waals surface area contributed by atoms with Gasteiger partial charge in [-0.2, -0.15) is 0 Å². The lowest BCUT2D eigenvalue weighted by Crippen LogP contribution is -2.51. The minimum atomic E-state index is -0.601. The number of methoxy groups -OCH3 is 1. The van der Waals surface area contributed by atoms with E-state index >= 15 is 0 Å². The summed E-state index contributed by atoms with van der Waals surface area (Å²) in [6.07, 6.45) is 0.462. The third kappa shape index (κ3) is 4.09. The van der Waals surface area contributed by atoms with Gasteiger partial charge in [0.25, 0.3) is 5.91 Å². The van der Waals surface area contributed by atoms with Crippen molar-refractivity contribution in [3.05, 3.63) is 34.4 Å². The van der Waals surface area contributed by atoms with Crippen LogP contribution >= 0.6 is 0 Å². The zero-order chi connectivity index (χ0) is 21.5. The molecule has 7 nitrogen and oxygen atoms in total. The summed E-state index contributed by atoms with van der Waals surface area (Å²) in [5, 5.41) is 0. The first-order valence-corrected chi connectivity index (χ1v) is 10.0. The van der Waals surface area contributed by atoms with Gasteiger partial charge in [-0.05, 0) is 50.8 Å². The Morgan fingerprint density at radius 1 is 1.21 bits per heavy atom. The summed E-state index contributed by atoms with van der Waals surface area (Å²) in [5.74, 6) is -0.720. The molecule has 2 aliphatic rings. The maximum atomic E-state index is 13.3. The molecule has 0 aliphatic carbocycles. The van der Waals surface area contributed by atoms with Crippen molar-refractivity contribution in [3.63, 3.8) is 0 Å². The van der Waals surface area contributed by atoms with Gasteiger partial charge < -0.3 is 19.3 Å². The maximum Gasteiger partial charge on any atom is 0.410 e. The summed E-state index contributed by atoms with van der Waals surface area (Å²) in [5.41, 5.74) is 3.05. The Kier molecular flexibility index (Phi) is 5.61. The van der Waals surface area contributed by atoms with Crippen molar-refractivity contribution < 1.29 is 23.9 Å². The van der Waals surface area contributed by atoms with Crippen LogP contribution in [-0.4, -0.2) is 66.2 Å². The number of esters is 1. The van der Waals surface area contributed by atoms with Crippen LogP contribution in [0.5, 0.6) is 0 Å². The van der Waals surface area contributed by atoms with Crippen molar-refractivity contribution in [2.75, 3.05) is 26.7 Å². The second-order valence-electron chi connectivity index (χ2n) is 8.80. The summed E-state index contributed by atoms with van der Waals surface area (Å²) in [6.45, 7) is 10.1. The quantitative estimate of drug-likeness (QED) is 0.727. The lowest BCUT2D eigenvalue weighted by atomic mass is 9.81. The zero-order valence-corrected chi connectivity index (χ0v) is 18.1. The molecule has 0 N–H and O–H groups in total. The van der Waals surface area contributed by atoms with Crippen molar-refractivity contribution in [1.82, 2.24) is 9.80 Å². The Morgan fingerprint density at radius 3 is 2.48 bits per heavy atom. The van der Waals surface area contributed by atoms with Crippen molar-refractivity contribution >= 4 is 18.0 Å². The molecule has 0 spiro atoms. The number of carbonyl (C=O) groups excluding carboxylic acids is 3. The van der Waals surface area contributed by atoms with E-state index in [1.165, 1.54) is 7.11 Å². The van der Waals surface area contributed by atoms with Crippen molar-refractivity contribution in [3.8, 4) is 0 Å². The van der Waals surface area contributed by atoms with Crippen molar-refractivity contribution in [2.45, 2.75) is 58.6 Å². The Bertz CT molecular complexity index is 842. The SMILES string of the molecule is CCc1cc(C)c2c(c1)[C@@H]1CN(C(=O)OC(C)(C)C)C[C@H]1N(CC(=O)OC)C2=O. The normalized spacial score (nSPS) is 21.0. The Morgan fingerprint density at radius 2 is 1.90 bits per heavy atom. The lowest BCUT2D eigenvalue weighted by Gasteiger charge is -2.38. The van der Waals surface area contributed by atoms with Gasteiger partial charge in [-0.1, -0.05) is 19.1 Å². The van der Waals surface area contributed by atoms with Crippen molar-refractivity contribution in [2.24, 2.45) is 0 Å². The molecule has 2 amide bonds. The van der Waals surface area contributed by atoms with Crippen LogP contribution in [0.25, 0.3) is 0 Å². The summed E-state index contributed by atoms with van der Waals surface area (Å²) < 4.78 is 10.3. The van der Waals surface area contributed by atoms with Gasteiger partial charge in [0.05, 0.1) is 13.2 Å². The van der Waals surface area contributed by atoms with E-state index in [-0.39, 0.29) is 24.4 Å². The number of amides is 2. The number of benzene rings is 1. The highest BCUT2D eigenvalue weighted by atomic mass is 16.6. The summed E-state index contributed by atoms with van der Waals surface area (Å²) in [4.78, 5) is 41.2. The predicted octanol–water partition coefficient (Wildman–Crippen LogP) is 2.89. The van der Waals surface area contributed by atoms with E-state index in [4.69, 9.17) is 9.47 Å². The van der Waals surface area contributed by atoms with Gasteiger partial charge in [0, 0.05) is 24.6 Å². The molecule has 3 rings (SSSR count). The molecule has 0 aromatic heterocycles. The Hall–Kier alpha value is -2.57. The zero-order valence-electron chi connectivity index (χ0n) is 18.1. The monoisotopic (exact) mass is 402 g/mol. The molecule has 1 aromatic carbocycles. The smallest absolute Gasteiger partial charge is 0.410 e. The topological polar surface area (TPSA) is 76.2 Å². The maximum absolute atomic E-state index is 13.3. The Balaban J connectivity index is 2.01. The molecule has 0 bridgehead atoms. The van der Waals surface area contributed by atoms with E-state index < -0.39 is 17.7 Å². The number of carbonyl (C=O) groups is 3. The number of fused-ring (bicyclic) bond motifs is 3. The largest absolute Gasteiger partial charge is 0.468 e. The number of nitrogens with zero attached hydrogens (tertiary/aromatic N) is 2. The molecule has 0 unspecified atom stereocenters. The first-order chi connectivity index (χ1) is 13.6. The molecule has 2 heterocycles. The van der Waals surface area contributed by atoms with Crippen LogP contribution in [0.1, 0.15) is 60.7 Å².